The van der Waals surface area contributed by atoms with Crippen LogP contribution in [-0.4, -0.2) is 51.7 Å². The van der Waals surface area contributed by atoms with Crippen molar-refractivity contribution in [2.45, 2.75) is 6.92 Å². The van der Waals surface area contributed by atoms with Gasteiger partial charge in [-0.15, -0.1) is 0 Å². The molecule has 2 aromatic carbocycles. The summed E-state index contributed by atoms with van der Waals surface area (Å²) in [6.07, 6.45) is 0. The van der Waals surface area contributed by atoms with Gasteiger partial charge >= 0.3 is 0 Å². The number of para-hydroxylation sites is 3. The van der Waals surface area contributed by atoms with Crippen LogP contribution in [0.4, 0.5) is 11.4 Å². The van der Waals surface area contributed by atoms with Crippen LogP contribution < -0.4 is 10.3 Å². The van der Waals surface area contributed by atoms with Gasteiger partial charge in [-0.1, -0.05) is 30.3 Å². The lowest BCUT2D eigenvalue weighted by Crippen LogP contribution is -2.50. The SMILES string of the molecule is Cc1cc(=O)c(C(=O)N2CCN(c3ccccc3)CC2)nn1-c1ccccc1[N+](=O)[O-]. The van der Waals surface area contributed by atoms with Gasteiger partial charge in [-0.05, 0) is 25.1 Å². The highest BCUT2D eigenvalue weighted by atomic mass is 16.6. The molecule has 0 saturated carbocycles. The molecule has 1 fully saturated rings. The molecule has 3 aromatic rings. The first-order valence-corrected chi connectivity index (χ1v) is 9.90. The monoisotopic (exact) mass is 419 g/mol. The van der Waals surface area contributed by atoms with Crippen LogP contribution in [0.5, 0.6) is 0 Å². The number of nitro groups is 1. The average Bonchev–Trinajstić information content (AvgIpc) is 2.79. The Bertz CT molecular complexity index is 1180. The van der Waals surface area contributed by atoms with E-state index in [0.29, 0.717) is 31.9 Å². The van der Waals surface area contributed by atoms with E-state index in [4.69, 9.17) is 0 Å². The molecule has 158 valence electrons. The summed E-state index contributed by atoms with van der Waals surface area (Å²) < 4.78 is 1.28. The van der Waals surface area contributed by atoms with Crippen LogP contribution in [0.3, 0.4) is 0 Å². The van der Waals surface area contributed by atoms with Crippen molar-refractivity contribution >= 4 is 17.3 Å². The van der Waals surface area contributed by atoms with Crippen molar-refractivity contribution in [1.29, 1.82) is 0 Å². The standard InChI is InChI=1S/C22H21N5O4/c1-16-15-20(28)21(23-26(16)18-9-5-6-10-19(18)27(30)31)22(29)25-13-11-24(12-14-25)17-7-3-2-4-8-17/h2-10,15H,11-14H2,1H3. The first-order valence-electron chi connectivity index (χ1n) is 9.90. The molecule has 4 rings (SSSR count). The highest BCUT2D eigenvalue weighted by Crippen LogP contribution is 2.22. The van der Waals surface area contributed by atoms with Crippen LogP contribution in [0.25, 0.3) is 5.69 Å². The van der Waals surface area contributed by atoms with Crippen LogP contribution in [0.2, 0.25) is 0 Å². The Morgan fingerprint density at radius 2 is 1.65 bits per heavy atom. The number of aryl methyl sites for hydroxylation is 1. The number of hydrogen-bond donors (Lipinski definition) is 0. The lowest BCUT2D eigenvalue weighted by molar-refractivity contribution is -0.384. The number of anilines is 1. The van der Waals surface area contributed by atoms with E-state index in [1.807, 2.05) is 30.3 Å². The summed E-state index contributed by atoms with van der Waals surface area (Å²) >= 11 is 0. The van der Waals surface area contributed by atoms with Crippen molar-refractivity contribution in [3.63, 3.8) is 0 Å². The maximum Gasteiger partial charge on any atom is 0.294 e. The van der Waals surface area contributed by atoms with Crippen LogP contribution in [0.1, 0.15) is 16.2 Å². The van der Waals surface area contributed by atoms with E-state index >= 15 is 0 Å². The second-order valence-electron chi connectivity index (χ2n) is 7.27. The molecule has 0 unspecified atom stereocenters. The number of hydrogen-bond acceptors (Lipinski definition) is 6. The number of benzene rings is 2. The third kappa shape index (κ3) is 4.02. The Morgan fingerprint density at radius 3 is 2.32 bits per heavy atom. The molecular weight excluding hydrogens is 398 g/mol. The quantitative estimate of drug-likeness (QED) is 0.475. The van der Waals surface area contributed by atoms with Crippen LogP contribution in [0, 0.1) is 17.0 Å². The summed E-state index contributed by atoms with van der Waals surface area (Å²) in [5, 5.41) is 15.6. The number of nitrogens with zero attached hydrogens (tertiary/aromatic N) is 5. The number of nitro benzene ring substituents is 1. The fourth-order valence-electron chi connectivity index (χ4n) is 3.69. The summed E-state index contributed by atoms with van der Waals surface area (Å²) in [7, 11) is 0. The van der Waals surface area contributed by atoms with Gasteiger partial charge in [-0.25, -0.2) is 4.68 Å². The number of carbonyl (C=O) groups is 1. The predicted octanol–water partition coefficient (Wildman–Crippen LogP) is 2.41. The van der Waals surface area contributed by atoms with Gasteiger partial charge in [0.25, 0.3) is 11.6 Å². The van der Waals surface area contributed by atoms with Gasteiger partial charge in [0.15, 0.2) is 5.69 Å². The van der Waals surface area contributed by atoms with Crippen molar-refractivity contribution in [3.8, 4) is 5.69 Å². The topological polar surface area (TPSA) is 102 Å². The molecule has 9 nitrogen and oxygen atoms in total. The molecule has 9 heteroatoms. The molecule has 1 aromatic heterocycles. The van der Waals surface area contributed by atoms with Gasteiger partial charge in [-0.3, -0.25) is 19.7 Å². The summed E-state index contributed by atoms with van der Waals surface area (Å²) in [5.41, 5.74) is 0.802. The molecule has 1 amide bonds. The number of carbonyl (C=O) groups excluding carboxylic acids is 1. The Balaban J connectivity index is 1.61. The van der Waals surface area contributed by atoms with Crippen LogP contribution >= 0.6 is 0 Å². The Hall–Kier alpha value is -4.01. The molecule has 0 N–H and O–H groups in total. The minimum atomic E-state index is -0.515. The number of amides is 1. The molecular formula is C22H21N5O4. The highest BCUT2D eigenvalue weighted by molar-refractivity contribution is 5.92. The number of aromatic nitrogens is 2. The van der Waals surface area contributed by atoms with E-state index in [1.54, 1.807) is 24.0 Å². The maximum absolute atomic E-state index is 13.1. The van der Waals surface area contributed by atoms with E-state index < -0.39 is 16.3 Å². The Kier molecular flexibility index (Phi) is 5.48. The third-order valence-electron chi connectivity index (χ3n) is 5.30. The molecule has 0 bridgehead atoms. The first kappa shape index (κ1) is 20.3. The molecule has 1 aliphatic rings. The summed E-state index contributed by atoms with van der Waals surface area (Å²) in [6.45, 7) is 3.81. The molecule has 1 aliphatic heterocycles. The van der Waals surface area contributed by atoms with E-state index in [1.165, 1.54) is 22.9 Å². The minimum Gasteiger partial charge on any atom is -0.368 e. The van der Waals surface area contributed by atoms with Gasteiger partial charge in [-0.2, -0.15) is 5.10 Å². The summed E-state index contributed by atoms with van der Waals surface area (Å²) in [6, 6.07) is 17.3. The zero-order valence-electron chi connectivity index (χ0n) is 17.0. The van der Waals surface area contributed by atoms with Gasteiger partial charge in [0.1, 0.15) is 5.69 Å². The van der Waals surface area contributed by atoms with E-state index in [0.717, 1.165) is 5.69 Å². The first-order chi connectivity index (χ1) is 15.0. The summed E-state index contributed by atoms with van der Waals surface area (Å²) in [4.78, 5) is 40.3. The number of rotatable bonds is 4. The van der Waals surface area contributed by atoms with Crippen molar-refractivity contribution in [3.05, 3.63) is 92.4 Å². The summed E-state index contributed by atoms with van der Waals surface area (Å²) in [5.74, 6) is -0.468. The molecule has 0 aliphatic carbocycles. The molecule has 2 heterocycles. The zero-order valence-corrected chi connectivity index (χ0v) is 17.0. The average molecular weight is 419 g/mol. The predicted molar refractivity (Wildman–Crippen MR) is 116 cm³/mol. The zero-order chi connectivity index (χ0) is 22.0. The second kappa shape index (κ2) is 8.39. The normalized spacial score (nSPS) is 13.8. The fourth-order valence-corrected chi connectivity index (χ4v) is 3.69. The van der Waals surface area contributed by atoms with Gasteiger partial charge < -0.3 is 9.80 Å². The molecule has 0 radical (unpaired) electrons. The molecule has 0 spiro atoms. The lowest BCUT2D eigenvalue weighted by Gasteiger charge is -2.35. The smallest absolute Gasteiger partial charge is 0.294 e. The Labute approximate surface area is 178 Å². The minimum absolute atomic E-state index is 0.156. The van der Waals surface area contributed by atoms with E-state index in [9.17, 15) is 19.7 Å². The Morgan fingerprint density at radius 1 is 1.00 bits per heavy atom. The molecule has 0 atom stereocenters. The van der Waals surface area contributed by atoms with E-state index in [2.05, 4.69) is 10.00 Å². The van der Waals surface area contributed by atoms with Crippen molar-refractivity contribution in [2.24, 2.45) is 0 Å². The van der Waals surface area contributed by atoms with Gasteiger partial charge in [0.2, 0.25) is 5.43 Å². The lowest BCUT2D eigenvalue weighted by atomic mass is 10.2. The molecule has 31 heavy (non-hydrogen) atoms. The van der Waals surface area contributed by atoms with Gasteiger partial charge in [0, 0.05) is 49.7 Å². The van der Waals surface area contributed by atoms with Crippen molar-refractivity contribution < 1.29 is 9.72 Å². The van der Waals surface area contributed by atoms with E-state index in [-0.39, 0.29) is 17.1 Å². The second-order valence-corrected chi connectivity index (χ2v) is 7.27. The van der Waals surface area contributed by atoms with Crippen LogP contribution in [0.15, 0.2) is 65.5 Å². The van der Waals surface area contributed by atoms with Gasteiger partial charge in [0.05, 0.1) is 4.92 Å². The highest BCUT2D eigenvalue weighted by Gasteiger charge is 2.26. The largest absolute Gasteiger partial charge is 0.368 e. The van der Waals surface area contributed by atoms with Crippen molar-refractivity contribution in [2.75, 3.05) is 31.1 Å². The molecule has 1 saturated heterocycles. The number of piperazine rings is 1. The van der Waals surface area contributed by atoms with Crippen LogP contribution in [-0.2, 0) is 0 Å². The maximum atomic E-state index is 13.1. The third-order valence-corrected chi connectivity index (χ3v) is 5.30. The fraction of sp³-hybridized carbons (Fsp3) is 0.227. The van der Waals surface area contributed by atoms with Crippen molar-refractivity contribution in [1.82, 2.24) is 14.7 Å².